The summed E-state index contributed by atoms with van der Waals surface area (Å²) in [5.74, 6) is 0. The molecule has 1 atom stereocenters. The molecule has 0 fully saturated rings. The summed E-state index contributed by atoms with van der Waals surface area (Å²) in [6.45, 7) is 9.35. The maximum atomic E-state index is 2.67. The normalized spacial score (nSPS) is 14.8. The van der Waals surface area contributed by atoms with Crippen molar-refractivity contribution in [3.8, 4) is 0 Å². The quantitative estimate of drug-likeness (QED) is 0.0630. The summed E-state index contributed by atoms with van der Waals surface area (Å²) >= 11 is 0. The molecule has 0 saturated heterocycles. The Morgan fingerprint density at radius 1 is 0.311 bits per heavy atom. The van der Waals surface area contributed by atoms with Gasteiger partial charge in [0.1, 0.15) is 6.17 Å². The van der Waals surface area contributed by atoms with Crippen molar-refractivity contribution in [3.05, 3.63) is 12.4 Å². The molecule has 2 heteroatoms. The molecule has 0 saturated carbocycles. The van der Waals surface area contributed by atoms with Crippen LogP contribution in [0.5, 0.6) is 0 Å². The molecule has 1 rings (SSSR count). The molecule has 0 radical (unpaired) electrons. The highest BCUT2D eigenvalue weighted by atomic mass is 15.4. The molecule has 45 heavy (non-hydrogen) atoms. The molecule has 0 N–H and O–H groups in total. The Morgan fingerprint density at radius 2 is 0.578 bits per heavy atom. The molecule has 1 heterocycles. The Bertz CT molecular complexity index is 586. The van der Waals surface area contributed by atoms with Crippen molar-refractivity contribution in [3.63, 3.8) is 0 Å². The van der Waals surface area contributed by atoms with Gasteiger partial charge in [-0.15, -0.1) is 0 Å². The second-order valence-electron chi connectivity index (χ2n) is 14.9. The number of rotatable bonds is 37. The van der Waals surface area contributed by atoms with Gasteiger partial charge in [-0.1, -0.05) is 219 Å². The summed E-state index contributed by atoms with van der Waals surface area (Å²) in [5, 5.41) is 0. The van der Waals surface area contributed by atoms with Gasteiger partial charge in [0.2, 0.25) is 0 Å². The van der Waals surface area contributed by atoms with Crippen LogP contribution in [0.15, 0.2) is 12.4 Å². The average molecular weight is 631 g/mol. The van der Waals surface area contributed by atoms with E-state index in [0.29, 0.717) is 6.17 Å². The lowest BCUT2D eigenvalue weighted by atomic mass is 10.0. The molecule has 0 aromatic heterocycles. The Kier molecular flexibility index (Phi) is 32.6. The van der Waals surface area contributed by atoms with Gasteiger partial charge in [0.05, 0.1) is 0 Å². The van der Waals surface area contributed by atoms with Crippen LogP contribution in [0.4, 0.5) is 0 Å². The molecule has 0 bridgehead atoms. The van der Waals surface area contributed by atoms with E-state index in [9.17, 15) is 0 Å². The topological polar surface area (TPSA) is 6.48 Å². The van der Waals surface area contributed by atoms with Crippen molar-refractivity contribution in [1.82, 2.24) is 9.80 Å². The van der Waals surface area contributed by atoms with Crippen LogP contribution in [0.3, 0.4) is 0 Å². The first-order valence-electron chi connectivity index (χ1n) is 21.5. The number of unbranched alkanes of at least 4 members (excludes halogenated alkanes) is 32. The van der Waals surface area contributed by atoms with Crippen molar-refractivity contribution >= 4 is 0 Å². The molecule has 268 valence electrons. The summed E-state index contributed by atoms with van der Waals surface area (Å²) in [5.41, 5.74) is 0. The molecule has 0 amide bonds. The Hall–Kier alpha value is -0.660. The lowest BCUT2D eigenvalue weighted by Gasteiger charge is -2.32. The van der Waals surface area contributed by atoms with E-state index in [2.05, 4.69) is 43.0 Å². The zero-order valence-electron chi connectivity index (χ0n) is 31.8. The minimum absolute atomic E-state index is 0.632. The molecule has 1 aliphatic heterocycles. The van der Waals surface area contributed by atoms with Crippen molar-refractivity contribution in [2.24, 2.45) is 0 Å². The highest BCUT2D eigenvalue weighted by Gasteiger charge is 2.23. The maximum absolute atomic E-state index is 2.67. The van der Waals surface area contributed by atoms with E-state index in [0.717, 1.165) is 6.54 Å². The van der Waals surface area contributed by atoms with E-state index >= 15 is 0 Å². The molecular formula is C43H86N2. The largest absolute Gasteiger partial charge is 0.356 e. The van der Waals surface area contributed by atoms with E-state index in [-0.39, 0.29) is 0 Å². The monoisotopic (exact) mass is 631 g/mol. The zero-order valence-corrected chi connectivity index (χ0v) is 31.8. The highest BCUT2D eigenvalue weighted by Crippen LogP contribution is 2.23. The second-order valence-corrected chi connectivity index (χ2v) is 14.9. The van der Waals surface area contributed by atoms with E-state index in [1.165, 1.54) is 231 Å². The molecule has 0 aromatic rings. The van der Waals surface area contributed by atoms with Crippen LogP contribution >= 0.6 is 0 Å². The SMILES string of the molecule is CCCCCCCCCCCCCCCCCCCC1N(CC)C=CN1CCCCCCCCCCCCCCCCCCC. The summed E-state index contributed by atoms with van der Waals surface area (Å²) < 4.78 is 0. The predicted molar refractivity (Wildman–Crippen MR) is 205 cm³/mol. The third-order valence-electron chi connectivity index (χ3n) is 10.7. The van der Waals surface area contributed by atoms with Gasteiger partial charge < -0.3 is 9.80 Å². The van der Waals surface area contributed by atoms with Crippen LogP contribution in [0, 0.1) is 0 Å². The van der Waals surface area contributed by atoms with Gasteiger partial charge >= 0.3 is 0 Å². The average Bonchev–Trinajstić information content (AvgIpc) is 3.45. The standard InChI is InChI=1S/C43H86N2/c1-4-7-9-11-13-15-17-19-21-23-25-27-29-31-33-35-37-39-43-44(6-3)41-42-45(43)40-38-36-34-32-30-28-26-24-22-20-18-16-14-12-10-8-5-2/h41-43H,4-40H2,1-3H3. The van der Waals surface area contributed by atoms with Gasteiger partial charge in [0.25, 0.3) is 0 Å². The molecule has 2 nitrogen and oxygen atoms in total. The Balaban J connectivity index is 1.89. The lowest BCUT2D eigenvalue weighted by molar-refractivity contribution is 0.142. The minimum Gasteiger partial charge on any atom is -0.356 e. The fourth-order valence-corrected chi connectivity index (χ4v) is 7.50. The van der Waals surface area contributed by atoms with Gasteiger partial charge in [0, 0.05) is 25.5 Å². The minimum atomic E-state index is 0.632. The third-order valence-corrected chi connectivity index (χ3v) is 10.7. The van der Waals surface area contributed by atoms with Crippen molar-refractivity contribution in [2.45, 2.75) is 252 Å². The fourth-order valence-electron chi connectivity index (χ4n) is 7.50. The summed E-state index contributed by atoms with van der Waals surface area (Å²) in [7, 11) is 0. The molecular weight excluding hydrogens is 544 g/mol. The van der Waals surface area contributed by atoms with E-state index in [1.54, 1.807) is 0 Å². The molecule has 0 spiro atoms. The first kappa shape index (κ1) is 42.4. The predicted octanol–water partition coefficient (Wildman–Crippen LogP) is 15.1. The van der Waals surface area contributed by atoms with E-state index in [1.807, 2.05) is 0 Å². The smallest absolute Gasteiger partial charge is 0.101 e. The summed E-state index contributed by atoms with van der Waals surface area (Å²) in [6.07, 6.45) is 56.2. The van der Waals surface area contributed by atoms with Crippen LogP contribution in [0.2, 0.25) is 0 Å². The molecule has 0 aliphatic carbocycles. The second kappa shape index (κ2) is 34.7. The number of nitrogens with zero attached hydrogens (tertiary/aromatic N) is 2. The van der Waals surface area contributed by atoms with Crippen molar-refractivity contribution in [1.29, 1.82) is 0 Å². The van der Waals surface area contributed by atoms with Gasteiger partial charge in [-0.3, -0.25) is 0 Å². The third kappa shape index (κ3) is 27.0. The first-order chi connectivity index (χ1) is 22.3. The number of hydrogen-bond acceptors (Lipinski definition) is 2. The van der Waals surface area contributed by atoms with Crippen LogP contribution < -0.4 is 0 Å². The zero-order chi connectivity index (χ0) is 32.3. The first-order valence-corrected chi connectivity index (χ1v) is 21.5. The highest BCUT2D eigenvalue weighted by molar-refractivity contribution is 4.96. The van der Waals surface area contributed by atoms with Gasteiger partial charge in [-0.25, -0.2) is 0 Å². The van der Waals surface area contributed by atoms with Gasteiger partial charge in [-0.05, 0) is 26.2 Å². The van der Waals surface area contributed by atoms with E-state index < -0.39 is 0 Å². The lowest BCUT2D eigenvalue weighted by Crippen LogP contribution is -2.38. The fraction of sp³-hybridized carbons (Fsp3) is 0.953. The van der Waals surface area contributed by atoms with Crippen molar-refractivity contribution < 1.29 is 0 Å². The molecule has 1 aliphatic rings. The van der Waals surface area contributed by atoms with Gasteiger partial charge in [-0.2, -0.15) is 0 Å². The summed E-state index contributed by atoms with van der Waals surface area (Å²) in [4.78, 5) is 5.25. The van der Waals surface area contributed by atoms with Crippen LogP contribution in [-0.4, -0.2) is 29.1 Å². The van der Waals surface area contributed by atoms with Crippen LogP contribution in [0.1, 0.15) is 245 Å². The van der Waals surface area contributed by atoms with Crippen molar-refractivity contribution in [2.75, 3.05) is 13.1 Å². The molecule has 1 unspecified atom stereocenters. The van der Waals surface area contributed by atoms with Crippen LogP contribution in [-0.2, 0) is 0 Å². The Labute approximate surface area is 286 Å². The Morgan fingerprint density at radius 3 is 0.889 bits per heavy atom. The summed E-state index contributed by atoms with van der Waals surface area (Å²) in [6, 6.07) is 0. The number of hydrogen-bond donors (Lipinski definition) is 0. The van der Waals surface area contributed by atoms with E-state index in [4.69, 9.17) is 0 Å². The molecule has 0 aromatic carbocycles. The van der Waals surface area contributed by atoms with Crippen LogP contribution in [0.25, 0.3) is 0 Å². The maximum Gasteiger partial charge on any atom is 0.101 e. The van der Waals surface area contributed by atoms with Gasteiger partial charge in [0.15, 0.2) is 0 Å².